The fraction of sp³-hybridized carbons (Fsp3) is 0.286. The van der Waals surface area contributed by atoms with E-state index in [1.54, 1.807) is 0 Å². The van der Waals surface area contributed by atoms with Crippen LogP contribution in [-0.2, 0) is 12.1 Å². The van der Waals surface area contributed by atoms with E-state index in [1.807, 2.05) is 60.7 Å². The molecule has 0 aliphatic carbocycles. The number of benzene rings is 3. The third kappa shape index (κ3) is 5.57. The van der Waals surface area contributed by atoms with E-state index in [4.69, 9.17) is 0 Å². The minimum atomic E-state index is -1.30. The number of hydrogen-bond donors (Lipinski definition) is 1. The molecule has 3 heteroatoms. The Bertz CT molecular complexity index is 947. The fourth-order valence-corrected chi connectivity index (χ4v) is 4.53. The topological polar surface area (TPSA) is 20.2 Å². The van der Waals surface area contributed by atoms with Crippen molar-refractivity contribution < 1.29 is 22.0 Å². The van der Waals surface area contributed by atoms with Crippen LogP contribution >= 0.6 is 0 Å². The van der Waals surface area contributed by atoms with Gasteiger partial charge in [0.05, 0.1) is 13.1 Å². The average Bonchev–Trinajstić information content (AvgIpc) is 2.81. The highest BCUT2D eigenvalue weighted by atomic mass is 35.5. The van der Waals surface area contributed by atoms with Crippen molar-refractivity contribution in [3.63, 3.8) is 0 Å². The first kappa shape index (κ1) is 23.1. The molecule has 1 saturated heterocycles. The maximum atomic E-state index is 11.7. The second kappa shape index (κ2) is 10.6. The van der Waals surface area contributed by atoms with Crippen LogP contribution in [0.15, 0.2) is 91.0 Å². The maximum Gasteiger partial charge on any atom is 0.177 e. The van der Waals surface area contributed by atoms with E-state index < -0.39 is 5.60 Å². The summed E-state index contributed by atoms with van der Waals surface area (Å²) in [6.45, 7) is 4.07. The van der Waals surface area contributed by atoms with E-state index in [9.17, 15) is 5.11 Å². The second-order valence-corrected chi connectivity index (χ2v) is 8.40. The zero-order valence-electron chi connectivity index (χ0n) is 17.9. The van der Waals surface area contributed by atoms with Gasteiger partial charge < -0.3 is 22.0 Å². The van der Waals surface area contributed by atoms with Gasteiger partial charge in [-0.2, -0.15) is 0 Å². The number of likely N-dealkylation sites (tertiary alicyclic amines) is 1. The molecule has 0 spiro atoms. The van der Waals surface area contributed by atoms with Gasteiger partial charge in [-0.15, -0.1) is 0 Å². The molecule has 3 aromatic carbocycles. The number of halogens is 1. The second-order valence-electron chi connectivity index (χ2n) is 8.40. The molecule has 1 N–H and O–H groups in total. The van der Waals surface area contributed by atoms with Crippen LogP contribution in [0.5, 0.6) is 0 Å². The third-order valence-electron chi connectivity index (χ3n) is 6.19. The van der Waals surface area contributed by atoms with E-state index in [2.05, 4.69) is 42.2 Å². The summed E-state index contributed by atoms with van der Waals surface area (Å²) in [6, 6.07) is 30.3. The highest BCUT2D eigenvalue weighted by Crippen LogP contribution is 2.29. The Kier molecular flexibility index (Phi) is 7.93. The summed E-state index contributed by atoms with van der Waals surface area (Å²) >= 11 is 0. The summed E-state index contributed by atoms with van der Waals surface area (Å²) in [5.41, 5.74) is 1.70. The number of hydrogen-bond acceptors (Lipinski definition) is 1. The van der Waals surface area contributed by atoms with Crippen molar-refractivity contribution in [2.45, 2.75) is 31.4 Å². The van der Waals surface area contributed by atoms with Crippen molar-refractivity contribution in [3.05, 3.63) is 108 Å². The minimum Gasteiger partial charge on any atom is -1.00 e. The molecule has 1 heterocycles. The van der Waals surface area contributed by atoms with Gasteiger partial charge in [-0.3, -0.25) is 0 Å². The molecule has 0 radical (unpaired) electrons. The first-order valence-corrected chi connectivity index (χ1v) is 10.9. The van der Waals surface area contributed by atoms with Gasteiger partial charge in [-0.05, 0) is 25.2 Å². The molecule has 0 unspecified atom stereocenters. The minimum absolute atomic E-state index is 0. The fourth-order valence-electron chi connectivity index (χ4n) is 4.53. The van der Waals surface area contributed by atoms with Gasteiger partial charge in [0.1, 0.15) is 13.1 Å². The van der Waals surface area contributed by atoms with E-state index in [-0.39, 0.29) is 12.4 Å². The number of piperidine rings is 1. The zero-order valence-corrected chi connectivity index (χ0v) is 18.6. The smallest absolute Gasteiger partial charge is 0.177 e. The lowest BCUT2D eigenvalue weighted by atomic mass is 9.87. The zero-order chi connectivity index (χ0) is 20.7. The van der Waals surface area contributed by atoms with Crippen molar-refractivity contribution in [3.8, 4) is 11.8 Å². The third-order valence-corrected chi connectivity index (χ3v) is 6.19. The molecule has 2 nitrogen and oxygen atoms in total. The number of aliphatic hydroxyl groups is 1. The Hall–Kier alpha value is -2.57. The van der Waals surface area contributed by atoms with E-state index >= 15 is 0 Å². The molecule has 4 rings (SSSR count). The molecule has 0 atom stereocenters. The quantitative estimate of drug-likeness (QED) is 0.484. The molecule has 160 valence electrons. The van der Waals surface area contributed by atoms with E-state index in [1.165, 1.54) is 24.8 Å². The van der Waals surface area contributed by atoms with Crippen LogP contribution in [0.2, 0.25) is 0 Å². The van der Waals surface area contributed by atoms with Gasteiger partial charge in [0.25, 0.3) is 0 Å². The highest BCUT2D eigenvalue weighted by Gasteiger charge is 2.31. The van der Waals surface area contributed by atoms with Crippen molar-refractivity contribution in [2.24, 2.45) is 0 Å². The number of quaternary nitrogens is 1. The van der Waals surface area contributed by atoms with Crippen molar-refractivity contribution in [2.75, 3.05) is 19.6 Å². The number of rotatable bonds is 5. The Balaban J connectivity index is 0.00000272. The average molecular weight is 432 g/mol. The van der Waals surface area contributed by atoms with Gasteiger partial charge in [-0.1, -0.05) is 96.9 Å². The summed E-state index contributed by atoms with van der Waals surface area (Å²) in [5.74, 6) is 6.70. The van der Waals surface area contributed by atoms with Crippen molar-refractivity contribution in [1.82, 2.24) is 0 Å². The van der Waals surface area contributed by atoms with Crippen LogP contribution in [0.3, 0.4) is 0 Å². The molecular formula is C28H30ClNO. The van der Waals surface area contributed by atoms with Crippen LogP contribution in [0, 0.1) is 11.8 Å². The van der Waals surface area contributed by atoms with Crippen molar-refractivity contribution in [1.29, 1.82) is 0 Å². The molecule has 1 aliphatic rings. The highest BCUT2D eigenvalue weighted by molar-refractivity contribution is 5.44. The van der Waals surface area contributed by atoms with Gasteiger partial charge in [0.15, 0.2) is 5.60 Å². The normalized spacial score (nSPS) is 15.3. The van der Waals surface area contributed by atoms with Gasteiger partial charge in [0.2, 0.25) is 0 Å². The molecule has 31 heavy (non-hydrogen) atoms. The Morgan fingerprint density at radius 1 is 0.710 bits per heavy atom. The molecular weight excluding hydrogens is 402 g/mol. The Morgan fingerprint density at radius 3 is 1.71 bits per heavy atom. The van der Waals surface area contributed by atoms with Crippen LogP contribution in [-0.4, -0.2) is 29.2 Å². The molecule has 0 amide bonds. The Morgan fingerprint density at radius 2 is 1.19 bits per heavy atom. The van der Waals surface area contributed by atoms with E-state index in [0.717, 1.165) is 41.8 Å². The monoisotopic (exact) mass is 431 g/mol. The summed E-state index contributed by atoms with van der Waals surface area (Å²) in [4.78, 5) is 0. The maximum absolute atomic E-state index is 11.7. The lowest BCUT2D eigenvalue weighted by Crippen LogP contribution is -3.00. The molecule has 0 aromatic heterocycles. The van der Waals surface area contributed by atoms with Gasteiger partial charge in [0, 0.05) is 16.7 Å². The molecule has 0 saturated carbocycles. The SMILES string of the molecule is OC(C#CC[N+]1(Cc2ccccc2)CCCCC1)(c1ccccc1)c1ccccc1.[Cl-]. The van der Waals surface area contributed by atoms with E-state index in [0.29, 0.717) is 0 Å². The largest absolute Gasteiger partial charge is 1.00 e. The molecule has 1 fully saturated rings. The lowest BCUT2D eigenvalue weighted by Gasteiger charge is -2.40. The standard InChI is InChI=1S/C28H30NO.ClH/c30-28(26-16-7-2-8-17-26,27-18-9-3-10-19-27)20-13-23-29(21-11-4-12-22-29)24-25-14-5-1-6-15-25;/h1-3,5-10,14-19,30H,4,11-12,21-24H2;1H/q+1;/p-1. The first-order chi connectivity index (χ1) is 14.7. The summed E-state index contributed by atoms with van der Waals surface area (Å²) in [6.07, 6.45) is 3.80. The predicted molar refractivity (Wildman–Crippen MR) is 123 cm³/mol. The van der Waals surface area contributed by atoms with Crippen molar-refractivity contribution >= 4 is 0 Å². The summed E-state index contributed by atoms with van der Waals surface area (Å²) in [5, 5.41) is 11.7. The van der Waals surface area contributed by atoms with Crippen LogP contribution in [0.1, 0.15) is 36.0 Å². The van der Waals surface area contributed by atoms with Crippen LogP contribution in [0.25, 0.3) is 0 Å². The van der Waals surface area contributed by atoms with Gasteiger partial charge >= 0.3 is 0 Å². The van der Waals surface area contributed by atoms with Crippen LogP contribution in [0.4, 0.5) is 0 Å². The van der Waals surface area contributed by atoms with Crippen LogP contribution < -0.4 is 12.4 Å². The molecule has 3 aromatic rings. The predicted octanol–water partition coefficient (Wildman–Crippen LogP) is 2.13. The van der Waals surface area contributed by atoms with Gasteiger partial charge in [-0.25, -0.2) is 0 Å². The Labute approximate surface area is 192 Å². The summed E-state index contributed by atoms with van der Waals surface area (Å²) in [7, 11) is 0. The molecule has 0 bridgehead atoms. The lowest BCUT2D eigenvalue weighted by molar-refractivity contribution is -0.938. The first-order valence-electron chi connectivity index (χ1n) is 10.9. The summed E-state index contributed by atoms with van der Waals surface area (Å²) < 4.78 is 0.983. The molecule has 1 aliphatic heterocycles. The number of nitrogens with zero attached hydrogens (tertiary/aromatic N) is 1.